The van der Waals surface area contributed by atoms with E-state index in [2.05, 4.69) is 16.0 Å². The van der Waals surface area contributed by atoms with Gasteiger partial charge in [-0.15, -0.1) is 0 Å². The molecule has 2 aromatic carbocycles. The standard InChI is InChI=1S/C23H29N5O6/c1-4-34-21(30)12-19(15-9-17(32-2)11-18(10-15)33-3)28-20(29)13-26-22(31)14-6-5-7-16(8-14)27-23(24)25/h5-11,19H,4,12-13H2,1-3H3,(H,26,31)(H,28,29)(H4,24,25,27). The summed E-state index contributed by atoms with van der Waals surface area (Å²) in [5.74, 6) is -0.781. The van der Waals surface area contributed by atoms with E-state index in [9.17, 15) is 14.4 Å². The van der Waals surface area contributed by atoms with Crippen LogP contribution in [0.5, 0.6) is 11.5 Å². The van der Waals surface area contributed by atoms with E-state index in [4.69, 9.17) is 25.4 Å². The lowest BCUT2D eigenvalue weighted by Gasteiger charge is -2.20. The normalized spacial score (nSPS) is 11.0. The van der Waals surface area contributed by atoms with E-state index in [1.165, 1.54) is 20.3 Å². The maximum absolute atomic E-state index is 12.6. The smallest absolute Gasteiger partial charge is 0.308 e. The van der Waals surface area contributed by atoms with Crippen LogP contribution >= 0.6 is 0 Å². The molecule has 0 aliphatic heterocycles. The van der Waals surface area contributed by atoms with Crippen LogP contribution in [0.25, 0.3) is 0 Å². The first-order chi connectivity index (χ1) is 16.2. The fourth-order valence-electron chi connectivity index (χ4n) is 3.07. The highest BCUT2D eigenvalue weighted by molar-refractivity contribution is 5.98. The summed E-state index contributed by atoms with van der Waals surface area (Å²) in [6.07, 6.45) is -0.122. The molecule has 0 saturated heterocycles. The zero-order valence-electron chi connectivity index (χ0n) is 19.3. The summed E-state index contributed by atoms with van der Waals surface area (Å²) in [6, 6.07) is 10.6. The average Bonchev–Trinajstić information content (AvgIpc) is 2.81. The number of amides is 2. The van der Waals surface area contributed by atoms with Crippen molar-refractivity contribution in [3.63, 3.8) is 0 Å². The van der Waals surface area contributed by atoms with Crippen LogP contribution in [0, 0.1) is 5.41 Å². The second kappa shape index (κ2) is 12.7. The predicted octanol–water partition coefficient (Wildman–Crippen LogP) is 1.55. The molecule has 182 valence electrons. The number of hydrogen-bond acceptors (Lipinski definition) is 7. The Labute approximate surface area is 197 Å². The lowest BCUT2D eigenvalue weighted by atomic mass is 10.0. The molecule has 2 rings (SSSR count). The van der Waals surface area contributed by atoms with Crippen LogP contribution in [0.2, 0.25) is 0 Å². The molecule has 2 amide bonds. The minimum atomic E-state index is -0.740. The number of guanidine groups is 1. The summed E-state index contributed by atoms with van der Waals surface area (Å²) in [4.78, 5) is 37.2. The van der Waals surface area contributed by atoms with Crippen molar-refractivity contribution in [2.45, 2.75) is 19.4 Å². The van der Waals surface area contributed by atoms with Gasteiger partial charge in [-0.25, -0.2) is 0 Å². The van der Waals surface area contributed by atoms with Gasteiger partial charge in [0.05, 0.1) is 39.8 Å². The second-order valence-electron chi connectivity index (χ2n) is 7.08. The highest BCUT2D eigenvalue weighted by atomic mass is 16.5. The Morgan fingerprint density at radius 2 is 1.74 bits per heavy atom. The summed E-state index contributed by atoms with van der Waals surface area (Å²) in [5.41, 5.74) is 6.62. The average molecular weight is 472 g/mol. The van der Waals surface area contributed by atoms with Crippen molar-refractivity contribution >= 4 is 29.4 Å². The lowest BCUT2D eigenvalue weighted by molar-refractivity contribution is -0.143. The maximum atomic E-state index is 12.6. The van der Waals surface area contributed by atoms with Crippen LogP contribution in [0.1, 0.15) is 35.3 Å². The van der Waals surface area contributed by atoms with E-state index in [0.717, 1.165) is 0 Å². The predicted molar refractivity (Wildman–Crippen MR) is 126 cm³/mol. The summed E-state index contributed by atoms with van der Waals surface area (Å²) in [6.45, 7) is 1.56. The van der Waals surface area contributed by atoms with Crippen molar-refractivity contribution < 1.29 is 28.6 Å². The second-order valence-corrected chi connectivity index (χ2v) is 7.08. The Hall–Kier alpha value is -4.28. The molecular weight excluding hydrogens is 442 g/mol. The number of rotatable bonds is 11. The molecule has 6 N–H and O–H groups in total. The molecule has 0 heterocycles. The fourth-order valence-corrected chi connectivity index (χ4v) is 3.07. The van der Waals surface area contributed by atoms with Crippen LogP contribution in [0.4, 0.5) is 5.69 Å². The molecule has 0 fully saturated rings. The molecule has 11 heteroatoms. The van der Waals surface area contributed by atoms with Crippen molar-refractivity contribution in [2.24, 2.45) is 5.73 Å². The molecule has 0 aromatic heterocycles. The number of methoxy groups -OCH3 is 2. The van der Waals surface area contributed by atoms with Gasteiger partial charge in [0.15, 0.2) is 5.96 Å². The van der Waals surface area contributed by atoms with Gasteiger partial charge in [0.2, 0.25) is 5.91 Å². The van der Waals surface area contributed by atoms with E-state index in [1.54, 1.807) is 43.3 Å². The van der Waals surface area contributed by atoms with Gasteiger partial charge >= 0.3 is 5.97 Å². The quantitative estimate of drug-likeness (QED) is 0.187. The van der Waals surface area contributed by atoms with Crippen LogP contribution in [0.3, 0.4) is 0 Å². The molecule has 0 spiro atoms. The molecule has 0 radical (unpaired) electrons. The number of carbonyl (C=O) groups is 3. The topological polar surface area (TPSA) is 165 Å². The Kier molecular flexibility index (Phi) is 9.69. The number of esters is 1. The van der Waals surface area contributed by atoms with Crippen LogP contribution in [-0.2, 0) is 14.3 Å². The first kappa shape index (κ1) is 26.0. The Morgan fingerprint density at radius 1 is 1.06 bits per heavy atom. The van der Waals surface area contributed by atoms with Gasteiger partial charge in [-0.2, -0.15) is 0 Å². The molecule has 0 aliphatic carbocycles. The third-order valence-corrected chi connectivity index (χ3v) is 4.60. The van der Waals surface area contributed by atoms with Gasteiger partial charge in [0.1, 0.15) is 11.5 Å². The van der Waals surface area contributed by atoms with Gasteiger partial charge < -0.3 is 35.9 Å². The number of anilines is 1. The Morgan fingerprint density at radius 3 is 2.32 bits per heavy atom. The summed E-state index contributed by atoms with van der Waals surface area (Å²) >= 11 is 0. The molecule has 0 aliphatic rings. The van der Waals surface area contributed by atoms with E-state index in [1.807, 2.05) is 0 Å². The number of nitrogens with two attached hydrogens (primary N) is 1. The summed E-state index contributed by atoms with van der Waals surface area (Å²) in [5, 5.41) is 15.1. The molecule has 2 aromatic rings. The van der Waals surface area contributed by atoms with Crippen molar-refractivity contribution in [1.29, 1.82) is 5.41 Å². The van der Waals surface area contributed by atoms with Gasteiger partial charge in [-0.1, -0.05) is 6.07 Å². The first-order valence-electron chi connectivity index (χ1n) is 10.4. The number of benzene rings is 2. The molecule has 0 bridgehead atoms. The minimum Gasteiger partial charge on any atom is -0.497 e. The van der Waals surface area contributed by atoms with E-state index >= 15 is 0 Å². The van der Waals surface area contributed by atoms with E-state index < -0.39 is 23.8 Å². The molecule has 34 heavy (non-hydrogen) atoms. The third kappa shape index (κ3) is 8.01. The van der Waals surface area contributed by atoms with Gasteiger partial charge in [0.25, 0.3) is 5.91 Å². The summed E-state index contributed by atoms with van der Waals surface area (Å²) in [7, 11) is 2.99. The van der Waals surface area contributed by atoms with Crippen LogP contribution in [0.15, 0.2) is 42.5 Å². The Balaban J connectivity index is 2.11. The number of hydrogen-bond donors (Lipinski definition) is 5. The number of carbonyl (C=O) groups excluding carboxylic acids is 3. The third-order valence-electron chi connectivity index (χ3n) is 4.60. The van der Waals surface area contributed by atoms with Crippen molar-refractivity contribution in [3.8, 4) is 11.5 Å². The van der Waals surface area contributed by atoms with E-state index in [0.29, 0.717) is 22.7 Å². The van der Waals surface area contributed by atoms with Gasteiger partial charge in [0, 0.05) is 17.3 Å². The highest BCUT2D eigenvalue weighted by Gasteiger charge is 2.21. The maximum Gasteiger partial charge on any atom is 0.308 e. The molecule has 0 saturated carbocycles. The van der Waals surface area contributed by atoms with Crippen molar-refractivity contribution in [3.05, 3.63) is 53.6 Å². The fraction of sp³-hybridized carbons (Fsp3) is 0.304. The molecule has 1 unspecified atom stereocenters. The Bertz CT molecular complexity index is 1020. The molecular formula is C23H29N5O6. The zero-order valence-corrected chi connectivity index (χ0v) is 19.3. The molecule has 11 nitrogen and oxygen atoms in total. The van der Waals surface area contributed by atoms with Crippen molar-refractivity contribution in [2.75, 3.05) is 32.7 Å². The first-order valence-corrected chi connectivity index (χ1v) is 10.4. The SMILES string of the molecule is CCOC(=O)CC(NC(=O)CNC(=O)c1cccc(NC(=N)N)c1)c1cc(OC)cc(OC)c1. The summed E-state index contributed by atoms with van der Waals surface area (Å²) < 4.78 is 15.6. The minimum absolute atomic E-state index is 0.122. The monoisotopic (exact) mass is 471 g/mol. The molecule has 1 atom stereocenters. The lowest BCUT2D eigenvalue weighted by Crippen LogP contribution is -2.39. The number of nitrogens with one attached hydrogen (secondary N) is 4. The highest BCUT2D eigenvalue weighted by Crippen LogP contribution is 2.28. The van der Waals surface area contributed by atoms with Crippen molar-refractivity contribution in [1.82, 2.24) is 10.6 Å². The largest absolute Gasteiger partial charge is 0.497 e. The zero-order chi connectivity index (χ0) is 25.1. The number of ether oxygens (including phenoxy) is 3. The van der Waals surface area contributed by atoms with E-state index in [-0.39, 0.29) is 31.1 Å². The van der Waals surface area contributed by atoms with Gasteiger partial charge in [-0.05, 0) is 42.8 Å². The van der Waals surface area contributed by atoms with Gasteiger partial charge in [-0.3, -0.25) is 19.8 Å². The van der Waals surface area contributed by atoms with Crippen LogP contribution in [-0.4, -0.2) is 51.1 Å². The van der Waals surface area contributed by atoms with Crippen LogP contribution < -0.4 is 31.2 Å².